The van der Waals surface area contributed by atoms with Crippen LogP contribution in [0.1, 0.15) is 16.2 Å². The molecule has 0 aliphatic rings. The number of anilines is 1. The molecule has 6 nitrogen and oxygen atoms in total. The summed E-state index contributed by atoms with van der Waals surface area (Å²) in [7, 11) is 0. The van der Waals surface area contributed by atoms with E-state index >= 15 is 0 Å². The largest absolute Gasteiger partial charge is 0.300 e. The molecule has 1 N–H and O–H groups in total. The highest BCUT2D eigenvalue weighted by Crippen LogP contribution is 2.27. The summed E-state index contributed by atoms with van der Waals surface area (Å²) in [5.41, 5.74) is 2.47. The Morgan fingerprint density at radius 3 is 2.88 bits per heavy atom. The summed E-state index contributed by atoms with van der Waals surface area (Å²) in [5.74, 6) is -1.36. The molecule has 0 saturated carbocycles. The maximum Gasteiger partial charge on any atom is 0.300 e. The lowest BCUT2D eigenvalue weighted by Gasteiger charge is -2.01. The van der Waals surface area contributed by atoms with Crippen LogP contribution in [0.5, 0.6) is 0 Å². The summed E-state index contributed by atoms with van der Waals surface area (Å²) in [6, 6.07) is 7.71. The van der Waals surface area contributed by atoms with E-state index in [1.54, 1.807) is 17.5 Å². The topological polar surface area (TPSA) is 76.4 Å². The molecule has 0 fully saturated rings. The number of nitrogens with one attached hydrogen (secondary N) is 1. The molecular weight excluding hydrogens is 436 g/mol. The van der Waals surface area contributed by atoms with Gasteiger partial charge in [0.1, 0.15) is 5.69 Å². The molecule has 3 aromatic heterocycles. The van der Waals surface area contributed by atoms with Crippen molar-refractivity contribution in [2.24, 2.45) is 0 Å². The Kier molecular flexibility index (Phi) is 4.43. The summed E-state index contributed by atoms with van der Waals surface area (Å²) in [6.07, 6.45) is 1.73. The average Bonchev–Trinajstić information content (AvgIpc) is 3.30. The van der Waals surface area contributed by atoms with Gasteiger partial charge in [0.15, 0.2) is 10.1 Å². The molecule has 0 aliphatic heterocycles. The molecule has 130 valence electrons. The minimum Gasteiger partial charge on any atom is -0.295 e. The predicted octanol–water partition coefficient (Wildman–Crippen LogP) is 4.41. The quantitative estimate of drug-likeness (QED) is 0.372. The molecule has 0 saturated heterocycles. The van der Waals surface area contributed by atoms with Crippen molar-refractivity contribution >= 4 is 60.4 Å². The standard InChI is InChI=1S/C17H11BrN4O2S2/c1-9-13(22-5-6-25-17(22)19-9)14(23)15(24)21-16-20-12(8-26-16)10-3-2-4-11(18)7-10/h2-8H,1H3,(H,20,21,24). The fourth-order valence-corrected chi connectivity index (χ4v) is 4.41. The van der Waals surface area contributed by atoms with E-state index in [1.165, 1.54) is 22.7 Å². The SMILES string of the molecule is Cc1nc2sccn2c1C(=O)C(=O)Nc1nc(-c2cccc(Br)c2)cs1. The fraction of sp³-hybridized carbons (Fsp3) is 0.0588. The molecule has 9 heteroatoms. The van der Waals surface area contributed by atoms with Crippen molar-refractivity contribution < 1.29 is 9.59 Å². The number of hydrogen-bond donors (Lipinski definition) is 1. The first-order chi connectivity index (χ1) is 12.5. The van der Waals surface area contributed by atoms with Crippen LogP contribution in [0.25, 0.3) is 16.2 Å². The normalized spacial score (nSPS) is 11.0. The average molecular weight is 447 g/mol. The van der Waals surface area contributed by atoms with Gasteiger partial charge in [0.05, 0.1) is 11.4 Å². The van der Waals surface area contributed by atoms with Gasteiger partial charge in [0.2, 0.25) is 0 Å². The van der Waals surface area contributed by atoms with Gasteiger partial charge in [-0.15, -0.1) is 22.7 Å². The molecule has 0 atom stereocenters. The summed E-state index contributed by atoms with van der Waals surface area (Å²) < 4.78 is 2.58. The highest BCUT2D eigenvalue weighted by Gasteiger charge is 2.24. The second kappa shape index (κ2) is 6.75. The van der Waals surface area contributed by atoms with Crippen molar-refractivity contribution in [2.45, 2.75) is 6.92 Å². The summed E-state index contributed by atoms with van der Waals surface area (Å²) >= 11 is 6.11. The number of Topliss-reactive ketones (excluding diaryl/α,β-unsaturated/α-hetero) is 1. The van der Waals surface area contributed by atoms with Crippen molar-refractivity contribution in [1.82, 2.24) is 14.4 Å². The molecule has 4 rings (SSSR count). The van der Waals surface area contributed by atoms with Crippen LogP contribution in [-0.4, -0.2) is 26.1 Å². The van der Waals surface area contributed by atoms with Gasteiger partial charge in [0.25, 0.3) is 11.7 Å². The van der Waals surface area contributed by atoms with Crippen LogP contribution in [0.3, 0.4) is 0 Å². The van der Waals surface area contributed by atoms with Gasteiger partial charge in [-0.3, -0.25) is 19.3 Å². The van der Waals surface area contributed by atoms with E-state index in [2.05, 4.69) is 31.2 Å². The number of amides is 1. The first-order valence-electron chi connectivity index (χ1n) is 7.52. The van der Waals surface area contributed by atoms with Crippen LogP contribution in [0.4, 0.5) is 5.13 Å². The molecular formula is C17H11BrN4O2S2. The van der Waals surface area contributed by atoms with Gasteiger partial charge in [-0.1, -0.05) is 28.1 Å². The van der Waals surface area contributed by atoms with Crippen LogP contribution < -0.4 is 5.32 Å². The Morgan fingerprint density at radius 1 is 1.23 bits per heavy atom. The summed E-state index contributed by atoms with van der Waals surface area (Å²) in [6.45, 7) is 1.72. The zero-order valence-electron chi connectivity index (χ0n) is 13.4. The molecule has 0 spiro atoms. The number of thiazole rings is 2. The number of halogens is 1. The van der Waals surface area contributed by atoms with Crippen LogP contribution in [0.2, 0.25) is 0 Å². The number of imidazole rings is 1. The zero-order valence-corrected chi connectivity index (χ0v) is 16.6. The summed E-state index contributed by atoms with van der Waals surface area (Å²) in [4.78, 5) is 34.3. The van der Waals surface area contributed by atoms with Crippen LogP contribution in [0.15, 0.2) is 45.7 Å². The third kappa shape index (κ3) is 3.09. The first-order valence-corrected chi connectivity index (χ1v) is 10.1. The van der Waals surface area contributed by atoms with Gasteiger partial charge in [-0.2, -0.15) is 0 Å². The molecule has 1 amide bonds. The van der Waals surface area contributed by atoms with Crippen molar-refractivity contribution in [3.05, 3.63) is 57.1 Å². The third-order valence-electron chi connectivity index (χ3n) is 3.70. The van der Waals surface area contributed by atoms with Gasteiger partial charge >= 0.3 is 0 Å². The van der Waals surface area contributed by atoms with E-state index < -0.39 is 11.7 Å². The minimum absolute atomic E-state index is 0.280. The second-order valence-electron chi connectivity index (χ2n) is 5.43. The van der Waals surface area contributed by atoms with E-state index in [9.17, 15) is 9.59 Å². The third-order valence-corrected chi connectivity index (χ3v) is 5.71. The molecule has 0 bridgehead atoms. The molecule has 0 aliphatic carbocycles. The van der Waals surface area contributed by atoms with Crippen LogP contribution in [-0.2, 0) is 4.79 Å². The van der Waals surface area contributed by atoms with E-state index in [-0.39, 0.29) is 5.69 Å². The van der Waals surface area contributed by atoms with E-state index in [4.69, 9.17) is 0 Å². The Bertz CT molecular complexity index is 1140. The molecule has 26 heavy (non-hydrogen) atoms. The lowest BCUT2D eigenvalue weighted by Crippen LogP contribution is -2.24. The molecule has 0 radical (unpaired) electrons. The minimum atomic E-state index is -0.726. The number of aromatic nitrogens is 3. The number of hydrogen-bond acceptors (Lipinski definition) is 6. The van der Waals surface area contributed by atoms with Gasteiger partial charge in [-0.25, -0.2) is 9.97 Å². The number of fused-ring (bicyclic) bond motifs is 1. The van der Waals surface area contributed by atoms with Crippen LogP contribution in [0, 0.1) is 6.92 Å². The number of benzene rings is 1. The van der Waals surface area contributed by atoms with E-state index in [0.29, 0.717) is 15.8 Å². The van der Waals surface area contributed by atoms with Gasteiger partial charge < -0.3 is 0 Å². The molecule has 1 aromatic carbocycles. The molecule has 0 unspecified atom stereocenters. The summed E-state index contributed by atoms with van der Waals surface area (Å²) in [5, 5.41) is 6.62. The fourth-order valence-electron chi connectivity index (χ4n) is 2.54. The smallest absolute Gasteiger partial charge is 0.295 e. The van der Waals surface area contributed by atoms with Crippen molar-refractivity contribution in [1.29, 1.82) is 0 Å². The Morgan fingerprint density at radius 2 is 2.08 bits per heavy atom. The molecule has 4 aromatic rings. The van der Waals surface area contributed by atoms with Crippen molar-refractivity contribution in [3.63, 3.8) is 0 Å². The molecule has 3 heterocycles. The van der Waals surface area contributed by atoms with Gasteiger partial charge in [-0.05, 0) is 19.1 Å². The van der Waals surface area contributed by atoms with Crippen molar-refractivity contribution in [3.8, 4) is 11.3 Å². The lowest BCUT2D eigenvalue weighted by molar-refractivity contribution is -0.112. The van der Waals surface area contributed by atoms with Gasteiger partial charge in [0, 0.05) is 27.0 Å². The lowest BCUT2D eigenvalue weighted by atomic mass is 10.2. The predicted molar refractivity (Wildman–Crippen MR) is 106 cm³/mol. The number of carbonyl (C=O) groups is 2. The Balaban J connectivity index is 1.56. The van der Waals surface area contributed by atoms with E-state index in [0.717, 1.165) is 15.7 Å². The van der Waals surface area contributed by atoms with E-state index in [1.807, 2.05) is 35.0 Å². The number of carbonyl (C=O) groups excluding carboxylic acids is 2. The Labute approximate surface area is 164 Å². The maximum absolute atomic E-state index is 12.6. The highest BCUT2D eigenvalue weighted by atomic mass is 79.9. The monoisotopic (exact) mass is 446 g/mol. The maximum atomic E-state index is 12.6. The first kappa shape index (κ1) is 17.1. The highest BCUT2D eigenvalue weighted by molar-refractivity contribution is 9.10. The number of rotatable bonds is 4. The zero-order chi connectivity index (χ0) is 18.3. The van der Waals surface area contributed by atoms with Crippen LogP contribution >= 0.6 is 38.6 Å². The number of ketones is 1. The van der Waals surface area contributed by atoms with Crippen molar-refractivity contribution in [2.75, 3.05) is 5.32 Å². The number of nitrogens with zero attached hydrogens (tertiary/aromatic N) is 3. The Hall–Kier alpha value is -2.36. The number of aryl methyl sites for hydroxylation is 1. The second-order valence-corrected chi connectivity index (χ2v) is 8.08.